The van der Waals surface area contributed by atoms with Crippen LogP contribution in [-0.4, -0.2) is 63.3 Å². The maximum absolute atomic E-state index is 13.6. The van der Waals surface area contributed by atoms with Gasteiger partial charge in [-0.3, -0.25) is 9.88 Å². The van der Waals surface area contributed by atoms with Crippen molar-refractivity contribution in [3.63, 3.8) is 0 Å². The highest BCUT2D eigenvalue weighted by molar-refractivity contribution is 5.56. The molecular weight excluding hydrogens is 415 g/mol. The van der Waals surface area contributed by atoms with E-state index in [9.17, 15) is 4.39 Å². The van der Waals surface area contributed by atoms with Gasteiger partial charge in [-0.15, -0.1) is 0 Å². The molecule has 176 valence electrons. The fourth-order valence-corrected chi connectivity index (χ4v) is 4.42. The zero-order valence-electron chi connectivity index (χ0n) is 20.2. The number of nitrogens with zero attached hydrogens (tertiary/aromatic N) is 6. The maximum atomic E-state index is 13.6. The second-order valence-electron chi connectivity index (χ2n) is 9.02. The van der Waals surface area contributed by atoms with Gasteiger partial charge in [0.1, 0.15) is 11.6 Å². The van der Waals surface area contributed by atoms with Crippen molar-refractivity contribution >= 4 is 5.82 Å². The van der Waals surface area contributed by atoms with Crippen molar-refractivity contribution in [1.29, 1.82) is 0 Å². The molecule has 0 radical (unpaired) electrons. The molecule has 0 aliphatic carbocycles. The van der Waals surface area contributed by atoms with Gasteiger partial charge in [-0.2, -0.15) is 5.10 Å². The van der Waals surface area contributed by atoms with Crippen molar-refractivity contribution in [3.8, 4) is 5.69 Å². The Balaban J connectivity index is 1.70. The van der Waals surface area contributed by atoms with Gasteiger partial charge in [-0.25, -0.2) is 9.07 Å². The number of anilines is 1. The summed E-state index contributed by atoms with van der Waals surface area (Å²) < 4.78 is 15.6. The molecule has 1 fully saturated rings. The van der Waals surface area contributed by atoms with Crippen LogP contribution in [-0.2, 0) is 13.1 Å². The molecule has 33 heavy (non-hydrogen) atoms. The van der Waals surface area contributed by atoms with Crippen molar-refractivity contribution in [1.82, 2.24) is 24.6 Å². The number of hydrogen-bond donors (Lipinski definition) is 0. The summed E-state index contributed by atoms with van der Waals surface area (Å²) in [6, 6.07) is 13.1. The lowest BCUT2D eigenvalue weighted by molar-refractivity contribution is 0.200. The first kappa shape index (κ1) is 23.4. The van der Waals surface area contributed by atoms with Crippen LogP contribution in [0.15, 0.2) is 48.7 Å². The Hall–Kier alpha value is -2.77. The van der Waals surface area contributed by atoms with Crippen molar-refractivity contribution < 1.29 is 4.39 Å². The standard InChI is InChI=1S/C26H35FN6/c1-5-30-14-16-31(17-15-30)26-25(19-32(20(2)3)18-23-8-6-7-13-28-23)21(4)29-33(26)24-11-9-22(27)10-12-24/h6-13,20H,5,14-19H2,1-4H3. The second-order valence-corrected chi connectivity index (χ2v) is 9.02. The number of benzene rings is 1. The molecule has 1 aromatic carbocycles. The summed E-state index contributed by atoms with van der Waals surface area (Å²) in [6.45, 7) is 15.4. The molecule has 1 aliphatic heterocycles. The largest absolute Gasteiger partial charge is 0.354 e. The van der Waals surface area contributed by atoms with Gasteiger partial charge in [0.25, 0.3) is 0 Å². The molecule has 3 aromatic rings. The van der Waals surface area contributed by atoms with E-state index in [0.29, 0.717) is 6.04 Å². The first-order valence-corrected chi connectivity index (χ1v) is 11.9. The Morgan fingerprint density at radius 2 is 1.73 bits per heavy atom. The minimum absolute atomic E-state index is 0.234. The molecule has 0 atom stereocenters. The average Bonchev–Trinajstić information content (AvgIpc) is 3.15. The summed E-state index contributed by atoms with van der Waals surface area (Å²) >= 11 is 0. The lowest BCUT2D eigenvalue weighted by Gasteiger charge is -2.36. The van der Waals surface area contributed by atoms with E-state index in [1.54, 1.807) is 0 Å². The van der Waals surface area contributed by atoms with Crippen LogP contribution in [0, 0.1) is 12.7 Å². The fraction of sp³-hybridized carbons (Fsp3) is 0.462. The van der Waals surface area contributed by atoms with Crippen molar-refractivity contribution in [2.24, 2.45) is 0 Å². The summed E-state index contributed by atoms with van der Waals surface area (Å²) in [4.78, 5) is 11.9. The topological polar surface area (TPSA) is 40.4 Å². The summed E-state index contributed by atoms with van der Waals surface area (Å²) in [5, 5.41) is 4.94. The molecular formula is C26H35FN6. The highest BCUT2D eigenvalue weighted by atomic mass is 19.1. The van der Waals surface area contributed by atoms with E-state index in [0.717, 1.165) is 68.7 Å². The second kappa shape index (κ2) is 10.4. The summed E-state index contributed by atoms with van der Waals surface area (Å²) in [7, 11) is 0. The molecule has 3 heterocycles. The Morgan fingerprint density at radius 3 is 2.33 bits per heavy atom. The van der Waals surface area contributed by atoms with Crippen LogP contribution in [0.25, 0.3) is 5.69 Å². The molecule has 0 amide bonds. The maximum Gasteiger partial charge on any atom is 0.137 e. The zero-order chi connectivity index (χ0) is 23.4. The fourth-order valence-electron chi connectivity index (χ4n) is 4.42. The van der Waals surface area contributed by atoms with Gasteiger partial charge in [-0.05, 0) is 63.7 Å². The molecule has 4 rings (SSSR count). The lowest BCUT2D eigenvalue weighted by atomic mass is 10.1. The van der Waals surface area contributed by atoms with E-state index in [1.807, 2.05) is 35.1 Å². The first-order chi connectivity index (χ1) is 16.0. The highest BCUT2D eigenvalue weighted by Gasteiger charge is 2.27. The predicted octanol–water partition coefficient (Wildman–Crippen LogP) is 4.27. The van der Waals surface area contributed by atoms with Crippen LogP contribution in [0.2, 0.25) is 0 Å². The van der Waals surface area contributed by atoms with Gasteiger partial charge in [0.2, 0.25) is 0 Å². The van der Waals surface area contributed by atoms with E-state index in [4.69, 9.17) is 5.10 Å². The predicted molar refractivity (Wildman–Crippen MR) is 131 cm³/mol. The summed E-state index contributed by atoms with van der Waals surface area (Å²) in [6.07, 6.45) is 1.85. The quantitative estimate of drug-likeness (QED) is 0.513. The van der Waals surface area contributed by atoms with Crippen LogP contribution in [0.5, 0.6) is 0 Å². The Labute approximate surface area is 196 Å². The van der Waals surface area contributed by atoms with E-state index in [2.05, 4.69) is 53.4 Å². The average molecular weight is 451 g/mol. The van der Waals surface area contributed by atoms with Crippen LogP contribution in [0.3, 0.4) is 0 Å². The Bertz CT molecular complexity index is 1020. The molecule has 0 unspecified atom stereocenters. The zero-order valence-corrected chi connectivity index (χ0v) is 20.2. The van der Waals surface area contributed by atoms with Crippen molar-refractivity contribution in [2.45, 2.75) is 46.8 Å². The van der Waals surface area contributed by atoms with Crippen molar-refractivity contribution in [3.05, 3.63) is 71.4 Å². The lowest BCUT2D eigenvalue weighted by Crippen LogP contribution is -2.47. The number of rotatable bonds is 8. The molecule has 1 aliphatic rings. The number of piperazine rings is 1. The van der Waals surface area contributed by atoms with Gasteiger partial charge in [0, 0.05) is 57.1 Å². The normalized spacial score (nSPS) is 15.1. The molecule has 0 saturated carbocycles. The van der Waals surface area contributed by atoms with Crippen molar-refractivity contribution in [2.75, 3.05) is 37.6 Å². The smallest absolute Gasteiger partial charge is 0.137 e. The number of pyridine rings is 1. The molecule has 1 saturated heterocycles. The van der Waals surface area contributed by atoms with E-state index < -0.39 is 0 Å². The van der Waals surface area contributed by atoms with E-state index in [-0.39, 0.29) is 5.82 Å². The Kier molecular flexibility index (Phi) is 7.40. The highest BCUT2D eigenvalue weighted by Crippen LogP contribution is 2.30. The third-order valence-electron chi connectivity index (χ3n) is 6.53. The van der Waals surface area contributed by atoms with Gasteiger partial charge < -0.3 is 9.80 Å². The van der Waals surface area contributed by atoms with Gasteiger partial charge in [-0.1, -0.05) is 13.0 Å². The summed E-state index contributed by atoms with van der Waals surface area (Å²) in [5.41, 5.74) is 4.19. The number of aromatic nitrogens is 3. The minimum atomic E-state index is -0.234. The van der Waals surface area contributed by atoms with Crippen LogP contribution in [0.4, 0.5) is 10.2 Å². The van der Waals surface area contributed by atoms with E-state index >= 15 is 0 Å². The van der Waals surface area contributed by atoms with E-state index in [1.165, 1.54) is 17.7 Å². The molecule has 7 heteroatoms. The molecule has 0 bridgehead atoms. The monoisotopic (exact) mass is 450 g/mol. The van der Waals surface area contributed by atoms with Crippen LogP contribution < -0.4 is 4.90 Å². The summed E-state index contributed by atoms with van der Waals surface area (Å²) in [5.74, 6) is 0.892. The number of aryl methyl sites for hydroxylation is 1. The molecule has 0 spiro atoms. The van der Waals surface area contributed by atoms with Gasteiger partial charge in [0.05, 0.1) is 17.1 Å². The molecule has 2 aromatic heterocycles. The number of halogens is 1. The Morgan fingerprint density at radius 1 is 1.00 bits per heavy atom. The first-order valence-electron chi connectivity index (χ1n) is 11.9. The third-order valence-corrected chi connectivity index (χ3v) is 6.53. The third kappa shape index (κ3) is 5.42. The minimum Gasteiger partial charge on any atom is -0.354 e. The van der Waals surface area contributed by atoms with Crippen LogP contribution >= 0.6 is 0 Å². The number of hydrogen-bond acceptors (Lipinski definition) is 5. The van der Waals surface area contributed by atoms with Crippen LogP contribution in [0.1, 0.15) is 37.7 Å². The number of likely N-dealkylation sites (N-methyl/N-ethyl adjacent to an activating group) is 1. The van der Waals surface area contributed by atoms with Gasteiger partial charge in [0.15, 0.2) is 0 Å². The SMILES string of the molecule is CCN1CCN(c2c(CN(Cc3ccccn3)C(C)C)c(C)nn2-c2ccc(F)cc2)CC1. The molecule has 0 N–H and O–H groups in total. The molecule has 6 nitrogen and oxygen atoms in total. The van der Waals surface area contributed by atoms with Gasteiger partial charge >= 0.3 is 0 Å².